The monoisotopic (exact) mass is 520 g/mol. The van der Waals surface area contributed by atoms with Crippen molar-refractivity contribution in [2.45, 2.75) is 4.90 Å². The quantitative estimate of drug-likeness (QED) is 0.367. The van der Waals surface area contributed by atoms with Crippen molar-refractivity contribution in [2.24, 2.45) is 14.1 Å². The number of halogens is 1. The molecule has 6 rings (SSSR count). The van der Waals surface area contributed by atoms with Crippen LogP contribution in [0.1, 0.15) is 0 Å². The second-order valence-electron chi connectivity index (χ2n) is 8.59. The summed E-state index contributed by atoms with van der Waals surface area (Å²) >= 11 is 6.31. The second kappa shape index (κ2) is 7.82. The molecule has 182 valence electrons. The number of aromatic amines is 1. The molecule has 0 amide bonds. The first-order chi connectivity index (χ1) is 17.2. The minimum atomic E-state index is -3.68. The van der Waals surface area contributed by atoms with Crippen LogP contribution in [0.15, 0.2) is 70.5 Å². The largest absolute Gasteiger partial charge is 0.360 e. The van der Waals surface area contributed by atoms with E-state index in [1.807, 2.05) is 47.2 Å². The van der Waals surface area contributed by atoms with Crippen LogP contribution in [0.25, 0.3) is 50.0 Å². The average Bonchev–Trinajstić information content (AvgIpc) is 3.52. The van der Waals surface area contributed by atoms with E-state index in [1.165, 1.54) is 13.1 Å². The topological polar surface area (TPSA) is 107 Å². The summed E-state index contributed by atoms with van der Waals surface area (Å²) in [7, 11) is 1.15. The van der Waals surface area contributed by atoms with Gasteiger partial charge in [0.2, 0.25) is 10.0 Å². The normalized spacial score (nSPS) is 12.3. The van der Waals surface area contributed by atoms with Gasteiger partial charge in [-0.15, -0.1) is 0 Å². The third kappa shape index (κ3) is 3.22. The third-order valence-electron chi connectivity index (χ3n) is 6.60. The lowest BCUT2D eigenvalue weighted by atomic mass is 10.1. The summed E-state index contributed by atoms with van der Waals surface area (Å²) in [4.78, 5) is 20.8. The number of H-pyrrole nitrogens is 1. The molecular formula is C25H21ClN6O3S. The molecule has 6 aromatic rings. The zero-order valence-corrected chi connectivity index (χ0v) is 21.1. The van der Waals surface area contributed by atoms with Crippen LogP contribution < -0.4 is 10.4 Å². The summed E-state index contributed by atoms with van der Waals surface area (Å²) in [5.74, 6) is 0.609. The second-order valence-corrected chi connectivity index (χ2v) is 10.9. The number of nitrogens with one attached hydrogen (secondary N) is 2. The molecule has 0 aliphatic rings. The van der Waals surface area contributed by atoms with Crippen LogP contribution in [0, 0.1) is 0 Å². The Morgan fingerprint density at radius 1 is 0.944 bits per heavy atom. The predicted molar refractivity (Wildman–Crippen MR) is 141 cm³/mol. The standard InChI is InChI=1S/C25H21ClN6O3S/c1-27-36(34,35)16-6-8-20-22(12-16)32(15-5-9-21-23(11-15)31(3)25(33)30(21)2)24(29-20)18-13-28-19-7-4-14(26)10-17(18)19/h4-13,27-28H,1-3H3. The lowest BCUT2D eigenvalue weighted by molar-refractivity contribution is 0.588. The van der Waals surface area contributed by atoms with Gasteiger partial charge >= 0.3 is 5.69 Å². The van der Waals surface area contributed by atoms with Crippen molar-refractivity contribution in [3.8, 4) is 17.1 Å². The van der Waals surface area contributed by atoms with Crippen LogP contribution in [-0.4, -0.2) is 39.1 Å². The van der Waals surface area contributed by atoms with Crippen LogP contribution in [0.2, 0.25) is 5.02 Å². The van der Waals surface area contributed by atoms with Crippen molar-refractivity contribution in [1.29, 1.82) is 0 Å². The van der Waals surface area contributed by atoms with E-state index in [-0.39, 0.29) is 10.6 Å². The molecule has 2 N–H and O–H groups in total. The van der Waals surface area contributed by atoms with Gasteiger partial charge in [-0.05, 0) is 61.6 Å². The molecule has 9 nitrogen and oxygen atoms in total. The summed E-state index contributed by atoms with van der Waals surface area (Å²) in [5, 5.41) is 1.48. The number of benzene rings is 3. The average molecular weight is 521 g/mol. The highest BCUT2D eigenvalue weighted by atomic mass is 35.5. The first kappa shape index (κ1) is 22.6. The van der Waals surface area contributed by atoms with Gasteiger partial charge in [0, 0.05) is 47.5 Å². The van der Waals surface area contributed by atoms with Gasteiger partial charge in [-0.2, -0.15) is 0 Å². The van der Waals surface area contributed by atoms with E-state index in [0.29, 0.717) is 21.9 Å². The number of rotatable bonds is 4. The lowest BCUT2D eigenvalue weighted by Crippen LogP contribution is -2.19. The molecule has 11 heteroatoms. The fraction of sp³-hybridized carbons (Fsp3) is 0.120. The maximum absolute atomic E-state index is 12.6. The highest BCUT2D eigenvalue weighted by Gasteiger charge is 2.21. The zero-order chi connectivity index (χ0) is 25.4. The van der Waals surface area contributed by atoms with E-state index in [9.17, 15) is 13.2 Å². The SMILES string of the molecule is CNS(=O)(=O)c1ccc2nc(-c3c[nH]c4ccc(Cl)cc34)n(-c3ccc4c(c3)n(C)c(=O)n4C)c2c1. The fourth-order valence-electron chi connectivity index (χ4n) is 4.69. The van der Waals surface area contributed by atoms with Gasteiger partial charge in [0.25, 0.3) is 0 Å². The van der Waals surface area contributed by atoms with Crippen LogP contribution in [0.3, 0.4) is 0 Å². The Kier molecular flexibility index (Phi) is 4.91. The van der Waals surface area contributed by atoms with Gasteiger partial charge < -0.3 is 4.98 Å². The first-order valence-electron chi connectivity index (χ1n) is 11.1. The Bertz CT molecular complexity index is 2010. The van der Waals surface area contributed by atoms with Crippen molar-refractivity contribution < 1.29 is 8.42 Å². The molecule has 0 radical (unpaired) electrons. The first-order valence-corrected chi connectivity index (χ1v) is 12.9. The lowest BCUT2D eigenvalue weighted by Gasteiger charge is -2.11. The van der Waals surface area contributed by atoms with Gasteiger partial charge in [0.15, 0.2) is 0 Å². The van der Waals surface area contributed by atoms with E-state index < -0.39 is 10.0 Å². The molecule has 3 aromatic heterocycles. The van der Waals surface area contributed by atoms with E-state index in [1.54, 1.807) is 35.4 Å². The fourth-order valence-corrected chi connectivity index (χ4v) is 5.62. The van der Waals surface area contributed by atoms with Crippen molar-refractivity contribution in [3.63, 3.8) is 0 Å². The number of nitrogens with zero attached hydrogens (tertiary/aromatic N) is 4. The van der Waals surface area contributed by atoms with E-state index >= 15 is 0 Å². The zero-order valence-electron chi connectivity index (χ0n) is 19.6. The molecule has 0 fully saturated rings. The maximum atomic E-state index is 12.6. The number of hydrogen-bond acceptors (Lipinski definition) is 4. The molecule has 0 aliphatic heterocycles. The summed E-state index contributed by atoms with van der Waals surface area (Å²) < 4.78 is 32.6. The van der Waals surface area contributed by atoms with E-state index in [2.05, 4.69) is 9.71 Å². The molecule has 0 saturated carbocycles. The minimum absolute atomic E-state index is 0.125. The molecule has 0 saturated heterocycles. The maximum Gasteiger partial charge on any atom is 0.328 e. The molecule has 0 spiro atoms. The summed E-state index contributed by atoms with van der Waals surface area (Å²) in [6, 6.07) is 16.1. The van der Waals surface area contributed by atoms with Gasteiger partial charge in [0.1, 0.15) is 5.82 Å². The molecule has 0 unspecified atom stereocenters. The van der Waals surface area contributed by atoms with Gasteiger partial charge in [-0.1, -0.05) is 11.6 Å². The van der Waals surface area contributed by atoms with Crippen LogP contribution in [-0.2, 0) is 24.1 Å². The number of imidazole rings is 2. The Hall–Kier alpha value is -3.86. The molecule has 0 bridgehead atoms. The number of fused-ring (bicyclic) bond motifs is 3. The third-order valence-corrected chi connectivity index (χ3v) is 8.25. The van der Waals surface area contributed by atoms with Crippen molar-refractivity contribution in [1.82, 2.24) is 28.4 Å². The highest BCUT2D eigenvalue weighted by molar-refractivity contribution is 7.89. The Morgan fingerprint density at radius 2 is 1.72 bits per heavy atom. The van der Waals surface area contributed by atoms with Crippen molar-refractivity contribution >= 4 is 54.6 Å². The summed E-state index contributed by atoms with van der Waals surface area (Å²) in [5.41, 5.74) is 5.07. The van der Waals surface area contributed by atoms with Crippen LogP contribution >= 0.6 is 11.6 Å². The minimum Gasteiger partial charge on any atom is -0.360 e. The number of hydrogen-bond donors (Lipinski definition) is 2. The van der Waals surface area contributed by atoms with Gasteiger partial charge in [0.05, 0.1) is 27.0 Å². The Morgan fingerprint density at radius 3 is 2.50 bits per heavy atom. The van der Waals surface area contributed by atoms with Gasteiger partial charge in [-0.3, -0.25) is 13.7 Å². The molecule has 3 aromatic carbocycles. The summed E-state index contributed by atoms with van der Waals surface area (Å²) in [6.45, 7) is 0. The highest BCUT2D eigenvalue weighted by Crippen LogP contribution is 2.35. The number of aromatic nitrogens is 5. The smallest absolute Gasteiger partial charge is 0.328 e. The number of sulfonamides is 1. The predicted octanol–water partition coefficient (Wildman–Crippen LogP) is 3.93. The van der Waals surface area contributed by atoms with Gasteiger partial charge in [-0.25, -0.2) is 22.9 Å². The number of aryl methyl sites for hydroxylation is 2. The van der Waals surface area contributed by atoms with Crippen molar-refractivity contribution in [3.05, 3.63) is 76.3 Å². The molecular weight excluding hydrogens is 500 g/mol. The molecule has 36 heavy (non-hydrogen) atoms. The summed E-state index contributed by atoms with van der Waals surface area (Å²) in [6.07, 6.45) is 1.86. The Labute approximate surface area is 210 Å². The Balaban J connectivity index is 1.73. The van der Waals surface area contributed by atoms with Crippen molar-refractivity contribution in [2.75, 3.05) is 7.05 Å². The van der Waals surface area contributed by atoms with E-state index in [0.717, 1.165) is 33.2 Å². The van der Waals surface area contributed by atoms with Crippen LogP contribution in [0.5, 0.6) is 0 Å². The van der Waals surface area contributed by atoms with E-state index in [4.69, 9.17) is 16.6 Å². The molecule has 0 atom stereocenters. The van der Waals surface area contributed by atoms with Crippen LogP contribution in [0.4, 0.5) is 0 Å². The molecule has 0 aliphatic carbocycles. The molecule has 3 heterocycles.